The summed E-state index contributed by atoms with van der Waals surface area (Å²) in [6.07, 6.45) is 10.4. The predicted molar refractivity (Wildman–Crippen MR) is 122 cm³/mol. The summed E-state index contributed by atoms with van der Waals surface area (Å²) in [4.78, 5) is 29.3. The molecule has 0 fully saturated rings. The van der Waals surface area contributed by atoms with Gasteiger partial charge in [0, 0.05) is 53.8 Å². The van der Waals surface area contributed by atoms with E-state index in [1.54, 1.807) is 12.5 Å². The van der Waals surface area contributed by atoms with Gasteiger partial charge in [-0.2, -0.15) is 0 Å². The lowest BCUT2D eigenvalue weighted by atomic mass is 9.93. The summed E-state index contributed by atoms with van der Waals surface area (Å²) >= 11 is 0. The monoisotopic (exact) mass is 433 g/mol. The predicted octanol–water partition coefficient (Wildman–Crippen LogP) is 3.98. The lowest BCUT2D eigenvalue weighted by Gasteiger charge is -2.11. The van der Waals surface area contributed by atoms with Crippen molar-refractivity contribution in [1.29, 1.82) is 0 Å². The van der Waals surface area contributed by atoms with Gasteiger partial charge in [0.1, 0.15) is 16.9 Å². The number of amides is 1. The van der Waals surface area contributed by atoms with E-state index in [1.165, 1.54) is 5.56 Å². The molecule has 1 amide bonds. The molecular formula is C25H27N3O4. The first-order valence-electron chi connectivity index (χ1n) is 11.3. The number of rotatable bonds is 6. The van der Waals surface area contributed by atoms with E-state index in [-0.39, 0.29) is 12.3 Å². The Balaban J connectivity index is 1.41. The van der Waals surface area contributed by atoms with Gasteiger partial charge in [0.2, 0.25) is 5.91 Å². The van der Waals surface area contributed by atoms with Crippen LogP contribution >= 0.6 is 0 Å². The summed E-state index contributed by atoms with van der Waals surface area (Å²) in [5, 5.41) is 4.89. The molecule has 0 saturated carbocycles. The van der Waals surface area contributed by atoms with Gasteiger partial charge in [-0.25, -0.2) is 9.78 Å². The number of aromatic nitrogens is 2. The number of fused-ring (bicyclic) bond motifs is 4. The van der Waals surface area contributed by atoms with Crippen LogP contribution in [0, 0.1) is 13.8 Å². The van der Waals surface area contributed by atoms with E-state index in [4.69, 9.17) is 8.83 Å². The molecule has 7 nitrogen and oxygen atoms in total. The van der Waals surface area contributed by atoms with E-state index >= 15 is 0 Å². The molecule has 1 aliphatic rings. The average Bonchev–Trinajstić information content (AvgIpc) is 3.43. The average molecular weight is 434 g/mol. The number of furan rings is 1. The van der Waals surface area contributed by atoms with E-state index in [1.807, 2.05) is 24.6 Å². The molecule has 3 heterocycles. The van der Waals surface area contributed by atoms with Crippen molar-refractivity contribution >= 4 is 27.8 Å². The van der Waals surface area contributed by atoms with Gasteiger partial charge in [-0.15, -0.1) is 0 Å². The van der Waals surface area contributed by atoms with Crippen LogP contribution in [0.25, 0.3) is 21.9 Å². The van der Waals surface area contributed by atoms with Crippen LogP contribution in [0.2, 0.25) is 0 Å². The molecule has 0 aliphatic heterocycles. The number of benzene rings is 1. The summed E-state index contributed by atoms with van der Waals surface area (Å²) in [5.41, 5.74) is 4.26. The Bertz CT molecular complexity index is 1360. The number of carbonyl (C=O) groups excluding carboxylic acids is 1. The lowest BCUT2D eigenvalue weighted by Crippen LogP contribution is -2.29. The minimum absolute atomic E-state index is 0.00968. The van der Waals surface area contributed by atoms with Gasteiger partial charge in [0.15, 0.2) is 0 Å². The van der Waals surface area contributed by atoms with Crippen molar-refractivity contribution in [2.24, 2.45) is 0 Å². The van der Waals surface area contributed by atoms with E-state index in [2.05, 4.69) is 16.4 Å². The van der Waals surface area contributed by atoms with Crippen LogP contribution in [0.1, 0.15) is 47.3 Å². The Morgan fingerprint density at radius 3 is 2.75 bits per heavy atom. The minimum Gasteiger partial charge on any atom is -0.460 e. The quantitative estimate of drug-likeness (QED) is 0.367. The Labute approximate surface area is 185 Å². The zero-order valence-corrected chi connectivity index (χ0v) is 18.5. The zero-order chi connectivity index (χ0) is 22.2. The fourth-order valence-electron chi connectivity index (χ4n) is 4.75. The number of aryl methyl sites for hydroxylation is 5. The molecule has 1 N–H and O–H groups in total. The van der Waals surface area contributed by atoms with Gasteiger partial charge < -0.3 is 18.7 Å². The van der Waals surface area contributed by atoms with Crippen LogP contribution in [-0.4, -0.2) is 22.0 Å². The second kappa shape index (κ2) is 8.30. The van der Waals surface area contributed by atoms with Crippen molar-refractivity contribution < 1.29 is 13.6 Å². The highest BCUT2D eigenvalue weighted by Crippen LogP contribution is 2.37. The molecule has 0 saturated heterocycles. The molecule has 1 aromatic carbocycles. The fraction of sp³-hybridized carbons (Fsp3) is 0.400. The van der Waals surface area contributed by atoms with Crippen molar-refractivity contribution in [3.63, 3.8) is 0 Å². The standard InChI is InChI=1S/C25H27N3O4/c1-15-18-12-20-17-6-3-4-7-21(17)31-24(20)16(2)23(18)32-25(30)19(15)13-22(29)27-8-5-10-28-11-9-26-14-28/h9,11-12,14H,3-8,10,13H2,1-2H3,(H,27,29). The summed E-state index contributed by atoms with van der Waals surface area (Å²) in [7, 11) is 0. The van der Waals surface area contributed by atoms with E-state index in [0.717, 1.165) is 71.9 Å². The topological polar surface area (TPSA) is 90.3 Å². The molecule has 0 radical (unpaired) electrons. The molecular weight excluding hydrogens is 406 g/mol. The molecule has 0 bridgehead atoms. The van der Waals surface area contributed by atoms with Crippen molar-refractivity contribution in [3.05, 3.63) is 63.2 Å². The van der Waals surface area contributed by atoms with Crippen LogP contribution in [0.4, 0.5) is 0 Å². The van der Waals surface area contributed by atoms with Crippen molar-refractivity contribution in [2.45, 2.75) is 58.9 Å². The van der Waals surface area contributed by atoms with Crippen molar-refractivity contribution in [3.8, 4) is 0 Å². The highest BCUT2D eigenvalue weighted by Gasteiger charge is 2.23. The third-order valence-electron chi connectivity index (χ3n) is 6.54. The number of hydrogen-bond donors (Lipinski definition) is 1. The van der Waals surface area contributed by atoms with Crippen molar-refractivity contribution in [2.75, 3.05) is 6.54 Å². The Hall–Kier alpha value is -3.35. The second-order valence-corrected chi connectivity index (χ2v) is 8.64. The van der Waals surface area contributed by atoms with Gasteiger partial charge in [-0.3, -0.25) is 4.79 Å². The number of nitrogens with one attached hydrogen (secondary N) is 1. The summed E-state index contributed by atoms with van der Waals surface area (Å²) < 4.78 is 13.8. The molecule has 4 aromatic rings. The first-order chi connectivity index (χ1) is 15.5. The van der Waals surface area contributed by atoms with E-state index in [0.29, 0.717) is 17.7 Å². The van der Waals surface area contributed by atoms with Crippen LogP contribution in [0.3, 0.4) is 0 Å². The maximum absolute atomic E-state index is 12.8. The number of nitrogens with zero attached hydrogens (tertiary/aromatic N) is 2. The van der Waals surface area contributed by atoms with Crippen LogP contribution in [-0.2, 0) is 30.6 Å². The molecule has 0 atom stereocenters. The molecule has 0 spiro atoms. The van der Waals surface area contributed by atoms with Crippen LogP contribution in [0.5, 0.6) is 0 Å². The maximum atomic E-state index is 12.8. The van der Waals surface area contributed by atoms with Crippen molar-refractivity contribution in [1.82, 2.24) is 14.9 Å². The normalized spacial score (nSPS) is 13.6. The summed E-state index contributed by atoms with van der Waals surface area (Å²) in [5.74, 6) is 0.879. The first-order valence-corrected chi connectivity index (χ1v) is 11.3. The Morgan fingerprint density at radius 2 is 1.94 bits per heavy atom. The number of imidazole rings is 1. The van der Waals surface area contributed by atoms with Gasteiger partial charge in [0.25, 0.3) is 0 Å². The van der Waals surface area contributed by atoms with Gasteiger partial charge in [-0.1, -0.05) is 0 Å². The smallest absolute Gasteiger partial charge is 0.340 e. The van der Waals surface area contributed by atoms with Crippen LogP contribution in [0.15, 0.2) is 38.4 Å². The van der Waals surface area contributed by atoms with Gasteiger partial charge in [0.05, 0.1) is 18.3 Å². The first kappa shape index (κ1) is 20.5. The highest BCUT2D eigenvalue weighted by molar-refractivity contribution is 6.00. The largest absolute Gasteiger partial charge is 0.460 e. The van der Waals surface area contributed by atoms with Crippen LogP contribution < -0.4 is 10.9 Å². The molecule has 166 valence electrons. The number of hydrogen-bond acceptors (Lipinski definition) is 5. The summed E-state index contributed by atoms with van der Waals surface area (Å²) in [6.45, 7) is 5.16. The molecule has 0 unspecified atom stereocenters. The molecule has 5 rings (SSSR count). The lowest BCUT2D eigenvalue weighted by molar-refractivity contribution is -0.120. The minimum atomic E-state index is -0.456. The maximum Gasteiger partial charge on any atom is 0.340 e. The molecule has 32 heavy (non-hydrogen) atoms. The van der Waals surface area contributed by atoms with E-state index in [9.17, 15) is 9.59 Å². The molecule has 7 heteroatoms. The Morgan fingerprint density at radius 1 is 1.12 bits per heavy atom. The number of carbonyl (C=O) groups is 1. The summed E-state index contributed by atoms with van der Waals surface area (Å²) in [6, 6.07) is 2.08. The third-order valence-corrected chi connectivity index (χ3v) is 6.54. The highest BCUT2D eigenvalue weighted by atomic mass is 16.4. The molecule has 3 aromatic heterocycles. The Kier molecular flexibility index (Phi) is 5.33. The molecule has 1 aliphatic carbocycles. The van der Waals surface area contributed by atoms with Gasteiger partial charge >= 0.3 is 5.63 Å². The third kappa shape index (κ3) is 3.61. The SMILES string of the molecule is Cc1c(CC(=O)NCCCn2ccnc2)c(=O)oc2c(C)c3oc4c(c3cc12)CCCC4. The fourth-order valence-corrected chi connectivity index (χ4v) is 4.75. The zero-order valence-electron chi connectivity index (χ0n) is 18.5. The van der Waals surface area contributed by atoms with E-state index < -0.39 is 5.63 Å². The van der Waals surface area contributed by atoms with Gasteiger partial charge in [-0.05, 0) is 51.2 Å². The second-order valence-electron chi connectivity index (χ2n) is 8.64.